The Morgan fingerprint density at radius 3 is 2.66 bits per heavy atom. The van der Waals surface area contributed by atoms with Crippen LogP contribution in [0.5, 0.6) is 0 Å². The number of carbonyl (C=O) groups is 1. The number of carbonyl (C=O) groups excluding carboxylic acids is 1. The molecule has 1 amide bonds. The first-order valence-corrected chi connectivity index (χ1v) is 10.8. The Balaban J connectivity index is 1.50. The number of nitrogens with zero attached hydrogens (tertiary/aromatic N) is 4. The standard InChI is InChI=1S/C20H21N5O3S/c26-20(22-15-17-7-4-9-21-19(17)25-13-5-10-23-25)16-6-3-8-18(14-16)29(27,28)24-11-1-2-12-24/h3-10,13-14H,1-2,11-12,15H2,(H,22,26). The third-order valence-electron chi connectivity index (χ3n) is 4.83. The smallest absolute Gasteiger partial charge is 0.251 e. The summed E-state index contributed by atoms with van der Waals surface area (Å²) in [4.78, 5) is 17.1. The van der Waals surface area contributed by atoms with Crippen LogP contribution in [-0.4, -0.2) is 46.5 Å². The minimum absolute atomic E-state index is 0.144. The van der Waals surface area contributed by atoms with E-state index in [1.165, 1.54) is 16.4 Å². The van der Waals surface area contributed by atoms with Gasteiger partial charge in [-0.25, -0.2) is 18.1 Å². The molecular weight excluding hydrogens is 390 g/mol. The van der Waals surface area contributed by atoms with Crippen molar-refractivity contribution in [3.8, 4) is 5.82 Å². The molecule has 2 aromatic heterocycles. The van der Waals surface area contributed by atoms with Gasteiger partial charge in [-0.1, -0.05) is 12.1 Å². The summed E-state index contributed by atoms with van der Waals surface area (Å²) in [5.74, 6) is 0.280. The van der Waals surface area contributed by atoms with Crippen LogP contribution in [0.1, 0.15) is 28.8 Å². The number of nitrogens with one attached hydrogen (secondary N) is 1. The summed E-state index contributed by atoms with van der Waals surface area (Å²) in [7, 11) is -3.57. The van der Waals surface area contributed by atoms with Gasteiger partial charge in [0.1, 0.15) is 0 Å². The van der Waals surface area contributed by atoms with Crippen molar-refractivity contribution in [3.63, 3.8) is 0 Å². The number of amides is 1. The molecule has 1 fully saturated rings. The first-order chi connectivity index (χ1) is 14.1. The number of sulfonamides is 1. The third kappa shape index (κ3) is 4.06. The summed E-state index contributed by atoms with van der Waals surface area (Å²) >= 11 is 0. The Kier molecular flexibility index (Phi) is 5.41. The van der Waals surface area contributed by atoms with Gasteiger partial charge < -0.3 is 5.32 Å². The van der Waals surface area contributed by atoms with Crippen molar-refractivity contribution < 1.29 is 13.2 Å². The van der Waals surface area contributed by atoms with E-state index < -0.39 is 10.0 Å². The maximum Gasteiger partial charge on any atom is 0.251 e. The molecule has 1 saturated heterocycles. The number of hydrogen-bond acceptors (Lipinski definition) is 5. The zero-order valence-corrected chi connectivity index (χ0v) is 16.5. The molecule has 9 heteroatoms. The Morgan fingerprint density at radius 1 is 1.07 bits per heavy atom. The zero-order valence-electron chi connectivity index (χ0n) is 15.7. The Hall–Kier alpha value is -3.04. The maximum absolute atomic E-state index is 12.7. The number of aromatic nitrogens is 3. The van der Waals surface area contributed by atoms with Crippen LogP contribution in [0.15, 0.2) is 66.0 Å². The zero-order chi connectivity index (χ0) is 20.3. The van der Waals surface area contributed by atoms with Crippen molar-refractivity contribution in [2.75, 3.05) is 13.1 Å². The molecule has 1 aliphatic heterocycles. The molecule has 1 aromatic carbocycles. The van der Waals surface area contributed by atoms with Crippen LogP contribution in [0.2, 0.25) is 0 Å². The van der Waals surface area contributed by atoms with E-state index in [0.29, 0.717) is 24.5 Å². The van der Waals surface area contributed by atoms with Gasteiger partial charge in [0.2, 0.25) is 10.0 Å². The highest BCUT2D eigenvalue weighted by Gasteiger charge is 2.27. The van der Waals surface area contributed by atoms with Crippen LogP contribution < -0.4 is 5.32 Å². The van der Waals surface area contributed by atoms with Crippen LogP contribution in [0.25, 0.3) is 5.82 Å². The molecule has 0 unspecified atom stereocenters. The largest absolute Gasteiger partial charge is 0.348 e. The minimum Gasteiger partial charge on any atom is -0.348 e. The minimum atomic E-state index is -3.57. The lowest BCUT2D eigenvalue weighted by Gasteiger charge is -2.16. The molecule has 3 aromatic rings. The first kappa shape index (κ1) is 19.3. The van der Waals surface area contributed by atoms with E-state index in [0.717, 1.165) is 18.4 Å². The molecule has 3 heterocycles. The first-order valence-electron chi connectivity index (χ1n) is 9.38. The second kappa shape index (κ2) is 8.14. The summed E-state index contributed by atoms with van der Waals surface area (Å²) < 4.78 is 28.6. The quantitative estimate of drug-likeness (QED) is 0.669. The molecule has 0 atom stereocenters. The summed E-state index contributed by atoms with van der Waals surface area (Å²) in [6, 6.07) is 11.6. The van der Waals surface area contributed by atoms with Gasteiger partial charge in [-0.15, -0.1) is 0 Å². The van der Waals surface area contributed by atoms with Crippen LogP contribution in [0.3, 0.4) is 0 Å². The summed E-state index contributed by atoms with van der Waals surface area (Å²) in [5, 5.41) is 7.02. The van der Waals surface area contributed by atoms with Crippen LogP contribution in [-0.2, 0) is 16.6 Å². The van der Waals surface area contributed by atoms with E-state index in [9.17, 15) is 13.2 Å². The highest BCUT2D eigenvalue weighted by molar-refractivity contribution is 7.89. The van der Waals surface area contributed by atoms with E-state index in [1.54, 1.807) is 47.5 Å². The monoisotopic (exact) mass is 411 g/mol. The molecule has 0 aliphatic carbocycles. The van der Waals surface area contributed by atoms with Crippen LogP contribution in [0, 0.1) is 0 Å². The second-order valence-electron chi connectivity index (χ2n) is 6.76. The number of rotatable bonds is 6. The molecule has 1 aliphatic rings. The van der Waals surface area contributed by atoms with Gasteiger partial charge in [0.25, 0.3) is 5.91 Å². The van der Waals surface area contributed by atoms with E-state index in [1.807, 2.05) is 6.07 Å². The number of benzene rings is 1. The molecule has 150 valence electrons. The summed E-state index contributed by atoms with van der Waals surface area (Å²) in [6.45, 7) is 1.29. The fourth-order valence-electron chi connectivity index (χ4n) is 3.32. The van der Waals surface area contributed by atoms with Crippen LogP contribution in [0.4, 0.5) is 0 Å². The van der Waals surface area contributed by atoms with Gasteiger partial charge in [-0.2, -0.15) is 9.40 Å². The third-order valence-corrected chi connectivity index (χ3v) is 6.72. The maximum atomic E-state index is 12.7. The van der Waals surface area contributed by atoms with Crippen molar-refractivity contribution in [1.82, 2.24) is 24.4 Å². The topological polar surface area (TPSA) is 97.2 Å². The van der Waals surface area contributed by atoms with Gasteiger partial charge in [-0.3, -0.25) is 4.79 Å². The van der Waals surface area contributed by atoms with Gasteiger partial charge in [0.05, 0.1) is 4.90 Å². The Labute approximate surface area is 169 Å². The molecule has 0 bridgehead atoms. The van der Waals surface area contributed by atoms with Crippen molar-refractivity contribution in [3.05, 3.63) is 72.2 Å². The molecular formula is C20H21N5O3S. The summed E-state index contributed by atoms with van der Waals surface area (Å²) in [6.07, 6.45) is 6.82. The molecule has 0 saturated carbocycles. The average Bonchev–Trinajstić information content (AvgIpc) is 3.47. The molecule has 0 radical (unpaired) electrons. The molecule has 4 rings (SSSR count). The van der Waals surface area contributed by atoms with Crippen molar-refractivity contribution in [1.29, 1.82) is 0 Å². The van der Waals surface area contributed by atoms with E-state index in [4.69, 9.17) is 0 Å². The van der Waals surface area contributed by atoms with Gasteiger partial charge >= 0.3 is 0 Å². The Bertz CT molecular complexity index is 1110. The lowest BCUT2D eigenvalue weighted by atomic mass is 10.2. The highest BCUT2D eigenvalue weighted by atomic mass is 32.2. The fourth-order valence-corrected chi connectivity index (χ4v) is 4.89. The van der Waals surface area contributed by atoms with Gasteiger partial charge in [-0.05, 0) is 43.2 Å². The lowest BCUT2D eigenvalue weighted by molar-refractivity contribution is 0.0950. The lowest BCUT2D eigenvalue weighted by Crippen LogP contribution is -2.28. The van der Waals surface area contributed by atoms with Crippen molar-refractivity contribution in [2.24, 2.45) is 0 Å². The van der Waals surface area contributed by atoms with Crippen molar-refractivity contribution >= 4 is 15.9 Å². The van der Waals surface area contributed by atoms with Gasteiger partial charge in [0, 0.05) is 49.4 Å². The van der Waals surface area contributed by atoms with E-state index in [-0.39, 0.29) is 17.3 Å². The molecule has 8 nitrogen and oxygen atoms in total. The van der Waals surface area contributed by atoms with Crippen LogP contribution >= 0.6 is 0 Å². The highest BCUT2D eigenvalue weighted by Crippen LogP contribution is 2.21. The average molecular weight is 411 g/mol. The Morgan fingerprint density at radius 2 is 1.90 bits per heavy atom. The molecule has 29 heavy (non-hydrogen) atoms. The van der Waals surface area contributed by atoms with E-state index in [2.05, 4.69) is 15.4 Å². The number of pyridine rings is 1. The van der Waals surface area contributed by atoms with Gasteiger partial charge in [0.15, 0.2) is 5.82 Å². The molecule has 0 spiro atoms. The SMILES string of the molecule is O=C(NCc1cccnc1-n1cccn1)c1cccc(S(=O)(=O)N2CCCC2)c1. The molecule has 1 N–H and O–H groups in total. The second-order valence-corrected chi connectivity index (χ2v) is 8.70. The predicted octanol–water partition coefficient (Wildman–Crippen LogP) is 1.98. The predicted molar refractivity (Wildman–Crippen MR) is 107 cm³/mol. The fraction of sp³-hybridized carbons (Fsp3) is 0.250. The van der Waals surface area contributed by atoms with E-state index >= 15 is 0 Å². The van der Waals surface area contributed by atoms with Crippen molar-refractivity contribution in [2.45, 2.75) is 24.3 Å². The number of hydrogen-bond donors (Lipinski definition) is 1. The summed E-state index contributed by atoms with van der Waals surface area (Å²) in [5.41, 5.74) is 1.10. The normalized spacial score (nSPS) is 14.8.